The van der Waals surface area contributed by atoms with E-state index in [1.807, 2.05) is 52.0 Å². The van der Waals surface area contributed by atoms with Crippen molar-refractivity contribution in [3.63, 3.8) is 0 Å². The molecule has 0 radical (unpaired) electrons. The van der Waals surface area contributed by atoms with Gasteiger partial charge in [0.2, 0.25) is 11.8 Å². The number of hydrogen-bond acceptors (Lipinski definition) is 4. The third-order valence-electron chi connectivity index (χ3n) is 5.75. The van der Waals surface area contributed by atoms with Gasteiger partial charge in [-0.1, -0.05) is 60.5 Å². The Balaban J connectivity index is 2.03. The van der Waals surface area contributed by atoms with E-state index in [2.05, 4.69) is 10.6 Å². The van der Waals surface area contributed by atoms with Gasteiger partial charge in [-0.15, -0.1) is 11.3 Å². The van der Waals surface area contributed by atoms with Crippen LogP contribution >= 0.6 is 22.9 Å². The molecule has 0 aliphatic carbocycles. The second-order valence-electron chi connectivity index (χ2n) is 8.94. The molecule has 0 spiro atoms. The Morgan fingerprint density at radius 1 is 1.06 bits per heavy atom. The molecule has 3 rings (SSSR count). The van der Waals surface area contributed by atoms with Gasteiger partial charge in [-0.05, 0) is 62.4 Å². The number of benzene rings is 2. The van der Waals surface area contributed by atoms with Crippen LogP contribution in [0.25, 0.3) is 0 Å². The number of nitrogens with zero attached hydrogens (tertiary/aromatic N) is 1. The average Bonchev–Trinajstić information content (AvgIpc) is 3.36. The Morgan fingerprint density at radius 2 is 1.77 bits per heavy atom. The topological polar surface area (TPSA) is 78.5 Å². The third kappa shape index (κ3) is 6.93. The fourth-order valence-corrected chi connectivity index (χ4v) is 4.28. The molecule has 3 aromatic rings. The second-order valence-corrected chi connectivity index (χ2v) is 10.3. The van der Waals surface area contributed by atoms with Crippen molar-refractivity contribution in [3.8, 4) is 0 Å². The molecule has 0 aliphatic rings. The largest absolute Gasteiger partial charge is 0.349 e. The number of carbonyl (C=O) groups excluding carboxylic acids is 3. The molecule has 1 atom stereocenters. The zero-order valence-electron chi connectivity index (χ0n) is 20.3. The van der Waals surface area contributed by atoms with E-state index in [0.29, 0.717) is 27.6 Å². The van der Waals surface area contributed by atoms with Crippen LogP contribution in [0.15, 0.2) is 66.0 Å². The third-order valence-corrected chi connectivity index (χ3v) is 6.85. The summed E-state index contributed by atoms with van der Waals surface area (Å²) in [7, 11) is 0. The van der Waals surface area contributed by atoms with Crippen LogP contribution in [0, 0.1) is 6.92 Å². The van der Waals surface area contributed by atoms with Gasteiger partial charge in [0.15, 0.2) is 0 Å². The fourth-order valence-electron chi connectivity index (χ4n) is 3.46. The first-order valence-corrected chi connectivity index (χ1v) is 12.6. The number of thiophene rings is 1. The molecule has 8 heteroatoms. The number of nitrogens with one attached hydrogen (secondary N) is 2. The van der Waals surface area contributed by atoms with Gasteiger partial charge in [0.1, 0.15) is 6.04 Å². The van der Waals surface area contributed by atoms with Crippen LogP contribution in [0.3, 0.4) is 0 Å². The van der Waals surface area contributed by atoms with Crippen LogP contribution in [0.2, 0.25) is 5.02 Å². The van der Waals surface area contributed by atoms with Crippen molar-refractivity contribution < 1.29 is 14.4 Å². The van der Waals surface area contributed by atoms with Crippen molar-refractivity contribution in [2.75, 3.05) is 11.4 Å². The molecule has 0 aliphatic heterocycles. The molecule has 35 heavy (non-hydrogen) atoms. The zero-order valence-corrected chi connectivity index (χ0v) is 21.9. The first kappa shape index (κ1) is 26.4. The van der Waals surface area contributed by atoms with Gasteiger partial charge >= 0.3 is 0 Å². The summed E-state index contributed by atoms with van der Waals surface area (Å²) in [5.74, 6) is -1.10. The fraction of sp³-hybridized carbons (Fsp3) is 0.296. The quantitative estimate of drug-likeness (QED) is 0.397. The number of carbonyl (C=O) groups is 3. The number of anilines is 1. The van der Waals surface area contributed by atoms with Crippen LogP contribution in [-0.2, 0) is 9.59 Å². The van der Waals surface area contributed by atoms with Crippen molar-refractivity contribution in [2.24, 2.45) is 0 Å². The minimum atomic E-state index is -0.967. The number of rotatable bonds is 9. The number of halogens is 1. The highest BCUT2D eigenvalue weighted by Gasteiger charge is 2.35. The summed E-state index contributed by atoms with van der Waals surface area (Å²) < 4.78 is 0. The molecular formula is C27H30ClN3O3S. The predicted octanol–water partition coefficient (Wildman–Crippen LogP) is 5.52. The van der Waals surface area contributed by atoms with E-state index in [1.165, 1.54) is 16.2 Å². The van der Waals surface area contributed by atoms with Crippen LogP contribution in [0.1, 0.15) is 54.0 Å². The minimum Gasteiger partial charge on any atom is -0.349 e. The number of aryl methyl sites for hydroxylation is 1. The van der Waals surface area contributed by atoms with Crippen molar-refractivity contribution in [1.82, 2.24) is 10.6 Å². The van der Waals surface area contributed by atoms with Gasteiger partial charge in [-0.25, -0.2) is 0 Å². The molecule has 1 aromatic heterocycles. The summed E-state index contributed by atoms with van der Waals surface area (Å²) in [5.41, 5.74) is 1.67. The Kier molecular flexibility index (Phi) is 8.70. The van der Waals surface area contributed by atoms with E-state index < -0.39 is 17.5 Å². The van der Waals surface area contributed by atoms with Gasteiger partial charge in [-0.2, -0.15) is 0 Å². The molecular weight excluding hydrogens is 482 g/mol. The van der Waals surface area contributed by atoms with Crippen LogP contribution in [0.4, 0.5) is 5.69 Å². The van der Waals surface area contributed by atoms with E-state index >= 15 is 0 Å². The van der Waals surface area contributed by atoms with Gasteiger partial charge in [-0.3, -0.25) is 19.3 Å². The molecule has 1 unspecified atom stereocenters. The molecule has 184 valence electrons. The monoisotopic (exact) mass is 511 g/mol. The molecule has 2 N–H and O–H groups in total. The molecule has 0 fully saturated rings. The summed E-state index contributed by atoms with van der Waals surface area (Å²) in [5, 5.41) is 7.98. The Hall–Kier alpha value is -3.16. The minimum absolute atomic E-state index is 0.282. The standard InChI is InChI=1S/C27H30ClN3O3S/c1-5-27(3,4)30-26(34)24(19-13-11-18(2)12-14-19)31(21-9-6-8-20(28)16-21)23(32)17-29-25(33)22-10-7-15-35-22/h6-16,24H,5,17H2,1-4H3,(H,29,33)(H,30,34). The molecule has 2 aromatic carbocycles. The molecule has 3 amide bonds. The highest BCUT2D eigenvalue weighted by atomic mass is 35.5. The normalized spacial score (nSPS) is 12.0. The summed E-state index contributed by atoms with van der Waals surface area (Å²) in [6.07, 6.45) is 0.710. The van der Waals surface area contributed by atoms with Crippen LogP contribution < -0.4 is 15.5 Å². The van der Waals surface area contributed by atoms with E-state index in [9.17, 15) is 14.4 Å². The average molecular weight is 512 g/mol. The lowest BCUT2D eigenvalue weighted by Crippen LogP contribution is -2.52. The summed E-state index contributed by atoms with van der Waals surface area (Å²) in [6.45, 7) is 7.53. The van der Waals surface area contributed by atoms with Crippen molar-refractivity contribution in [1.29, 1.82) is 0 Å². The first-order chi connectivity index (χ1) is 16.6. The predicted molar refractivity (Wildman–Crippen MR) is 142 cm³/mol. The Bertz CT molecular complexity index is 1180. The molecule has 0 saturated heterocycles. The molecule has 6 nitrogen and oxygen atoms in total. The van der Waals surface area contributed by atoms with Crippen LogP contribution in [0.5, 0.6) is 0 Å². The first-order valence-electron chi connectivity index (χ1n) is 11.4. The molecule has 0 saturated carbocycles. The van der Waals surface area contributed by atoms with Gasteiger partial charge in [0.25, 0.3) is 5.91 Å². The zero-order chi connectivity index (χ0) is 25.6. The highest BCUT2D eigenvalue weighted by molar-refractivity contribution is 7.12. The van der Waals surface area contributed by atoms with Crippen molar-refractivity contribution in [2.45, 2.75) is 45.7 Å². The maximum absolute atomic E-state index is 13.7. The van der Waals surface area contributed by atoms with E-state index in [1.54, 1.807) is 41.8 Å². The number of amides is 3. The number of hydrogen-bond donors (Lipinski definition) is 2. The smallest absolute Gasteiger partial charge is 0.261 e. The maximum atomic E-state index is 13.7. The van der Waals surface area contributed by atoms with E-state index in [-0.39, 0.29) is 18.4 Å². The van der Waals surface area contributed by atoms with Gasteiger partial charge in [0, 0.05) is 16.2 Å². The maximum Gasteiger partial charge on any atom is 0.261 e. The van der Waals surface area contributed by atoms with Crippen molar-refractivity contribution >= 4 is 46.3 Å². The SMILES string of the molecule is CCC(C)(C)NC(=O)C(c1ccc(C)cc1)N(C(=O)CNC(=O)c1cccs1)c1cccc(Cl)c1. The van der Waals surface area contributed by atoms with Crippen molar-refractivity contribution in [3.05, 3.63) is 87.1 Å². The summed E-state index contributed by atoms with van der Waals surface area (Å²) in [4.78, 5) is 41.8. The highest BCUT2D eigenvalue weighted by Crippen LogP contribution is 2.31. The second kappa shape index (κ2) is 11.5. The lowest BCUT2D eigenvalue weighted by molar-refractivity contribution is -0.127. The summed E-state index contributed by atoms with van der Waals surface area (Å²) in [6, 6.07) is 16.8. The molecule has 1 heterocycles. The Labute approximate surface area is 215 Å². The lowest BCUT2D eigenvalue weighted by Gasteiger charge is -2.34. The summed E-state index contributed by atoms with van der Waals surface area (Å²) >= 11 is 7.55. The Morgan fingerprint density at radius 3 is 2.37 bits per heavy atom. The van der Waals surface area contributed by atoms with Gasteiger partial charge < -0.3 is 10.6 Å². The van der Waals surface area contributed by atoms with E-state index in [4.69, 9.17) is 11.6 Å². The molecule has 0 bridgehead atoms. The van der Waals surface area contributed by atoms with Crippen LogP contribution in [-0.4, -0.2) is 29.8 Å². The van der Waals surface area contributed by atoms with E-state index in [0.717, 1.165) is 5.56 Å². The lowest BCUT2D eigenvalue weighted by atomic mass is 9.97. The van der Waals surface area contributed by atoms with Gasteiger partial charge in [0.05, 0.1) is 11.4 Å².